The summed E-state index contributed by atoms with van der Waals surface area (Å²) in [7, 11) is 6.14. The van der Waals surface area contributed by atoms with Crippen LogP contribution in [-0.2, 0) is 17.9 Å². The number of fused-ring (bicyclic) bond motifs is 1. The van der Waals surface area contributed by atoms with Crippen molar-refractivity contribution in [1.82, 2.24) is 36.2 Å². The summed E-state index contributed by atoms with van der Waals surface area (Å²) < 4.78 is 0. The van der Waals surface area contributed by atoms with Crippen LogP contribution in [0.2, 0.25) is 0 Å². The Bertz CT molecular complexity index is 1150. The Kier molecular flexibility index (Phi) is 9.90. The average molecular weight is 537 g/mol. The van der Waals surface area contributed by atoms with Crippen LogP contribution in [0.15, 0.2) is 30.3 Å². The Labute approximate surface area is 232 Å². The summed E-state index contributed by atoms with van der Waals surface area (Å²) >= 11 is 0. The van der Waals surface area contributed by atoms with E-state index in [1.54, 1.807) is 0 Å². The van der Waals surface area contributed by atoms with E-state index in [1.165, 1.54) is 5.56 Å². The third kappa shape index (κ3) is 7.33. The molecule has 2 amide bonds. The second-order valence-corrected chi connectivity index (χ2v) is 10.9. The zero-order chi connectivity index (χ0) is 27.9. The van der Waals surface area contributed by atoms with Gasteiger partial charge >= 0.3 is 0 Å². The standard InChI is InChI=1S/C29H44N8O2/c1-20(2)37-28-25(18-33-37)24(29(39)31-11-9-27(38)32-17-23-10-13-36(23)5)16-26(34-28)22-8-6-7-21(15-22)19-35(4)14-12-30-3/h6-8,15-16,20,23,30,33H,9-14,17-19H2,1-5H3,(H,31,39)(H,32,38). The van der Waals surface area contributed by atoms with E-state index in [4.69, 9.17) is 4.98 Å². The number of carbonyl (C=O) groups is 2. The van der Waals surface area contributed by atoms with Gasteiger partial charge in [-0.15, -0.1) is 0 Å². The minimum absolute atomic E-state index is 0.0413. The molecule has 0 aliphatic carbocycles. The van der Waals surface area contributed by atoms with Crippen molar-refractivity contribution in [2.75, 3.05) is 58.9 Å². The van der Waals surface area contributed by atoms with Crippen LogP contribution in [0.3, 0.4) is 0 Å². The summed E-state index contributed by atoms with van der Waals surface area (Å²) in [4.78, 5) is 35.2. The lowest BCUT2D eigenvalue weighted by Crippen LogP contribution is -2.51. The maximum Gasteiger partial charge on any atom is 0.251 e. The van der Waals surface area contributed by atoms with Gasteiger partial charge in [0.25, 0.3) is 5.91 Å². The van der Waals surface area contributed by atoms with Crippen molar-refractivity contribution in [3.8, 4) is 11.3 Å². The Balaban J connectivity index is 1.48. The molecule has 3 heterocycles. The smallest absolute Gasteiger partial charge is 0.251 e. The number of hydrogen-bond acceptors (Lipinski definition) is 8. The van der Waals surface area contributed by atoms with E-state index in [9.17, 15) is 9.59 Å². The molecule has 1 saturated heterocycles. The molecule has 212 valence electrons. The van der Waals surface area contributed by atoms with E-state index >= 15 is 0 Å². The first-order chi connectivity index (χ1) is 18.8. The number of likely N-dealkylation sites (N-methyl/N-ethyl adjacent to an activating group) is 3. The van der Waals surface area contributed by atoms with Gasteiger partial charge in [-0.1, -0.05) is 18.2 Å². The Morgan fingerprint density at radius 2 is 2.03 bits per heavy atom. The SMILES string of the molecule is CNCCN(C)Cc1cccc(-c2cc(C(=O)NCCC(=O)NCC3CCN3C)c3c(n2)N(C(C)C)NC3)c1. The molecule has 2 aliphatic rings. The molecule has 39 heavy (non-hydrogen) atoms. The van der Waals surface area contributed by atoms with Gasteiger partial charge in [-0.25, -0.2) is 10.4 Å². The third-order valence-corrected chi connectivity index (χ3v) is 7.55. The molecule has 2 aromatic rings. The first kappa shape index (κ1) is 28.9. The molecular weight excluding hydrogens is 492 g/mol. The van der Waals surface area contributed by atoms with E-state index in [1.807, 2.05) is 30.3 Å². The van der Waals surface area contributed by atoms with Crippen LogP contribution >= 0.6 is 0 Å². The number of benzene rings is 1. The lowest BCUT2D eigenvalue weighted by atomic mass is 10.0. The van der Waals surface area contributed by atoms with Crippen LogP contribution in [0.5, 0.6) is 0 Å². The average Bonchev–Trinajstić information content (AvgIpc) is 3.35. The Hall–Kier alpha value is -3.05. The molecule has 0 bridgehead atoms. The lowest BCUT2D eigenvalue weighted by molar-refractivity contribution is -0.121. The van der Waals surface area contributed by atoms with Gasteiger partial charge in [-0.3, -0.25) is 14.6 Å². The molecule has 2 aliphatic heterocycles. The van der Waals surface area contributed by atoms with E-state index in [0.717, 1.165) is 55.2 Å². The summed E-state index contributed by atoms with van der Waals surface area (Å²) in [5, 5.41) is 11.2. The van der Waals surface area contributed by atoms with Gasteiger partial charge in [0, 0.05) is 74.5 Å². The van der Waals surface area contributed by atoms with Gasteiger partial charge < -0.3 is 25.8 Å². The molecule has 1 aromatic heterocycles. The first-order valence-corrected chi connectivity index (χ1v) is 14.0. The van der Waals surface area contributed by atoms with Crippen molar-refractivity contribution in [3.05, 3.63) is 47.0 Å². The maximum atomic E-state index is 13.4. The van der Waals surface area contributed by atoms with Crippen LogP contribution in [0.4, 0.5) is 5.82 Å². The fraction of sp³-hybridized carbons (Fsp3) is 0.552. The third-order valence-electron chi connectivity index (χ3n) is 7.55. The molecular formula is C29H44N8O2. The van der Waals surface area contributed by atoms with E-state index in [2.05, 4.69) is 71.3 Å². The van der Waals surface area contributed by atoms with Crippen molar-refractivity contribution in [2.24, 2.45) is 0 Å². The van der Waals surface area contributed by atoms with E-state index < -0.39 is 0 Å². The maximum absolute atomic E-state index is 13.4. The van der Waals surface area contributed by atoms with Crippen molar-refractivity contribution in [2.45, 2.75) is 51.9 Å². The predicted molar refractivity (Wildman–Crippen MR) is 155 cm³/mol. The number of likely N-dealkylation sites (tertiary alicyclic amines) is 1. The number of nitrogens with one attached hydrogen (secondary N) is 4. The number of amides is 2. The fourth-order valence-electron chi connectivity index (χ4n) is 5.00. The second-order valence-electron chi connectivity index (χ2n) is 10.9. The van der Waals surface area contributed by atoms with Crippen molar-refractivity contribution in [1.29, 1.82) is 0 Å². The fourth-order valence-corrected chi connectivity index (χ4v) is 5.00. The predicted octanol–water partition coefficient (Wildman–Crippen LogP) is 1.57. The molecule has 1 aromatic carbocycles. The molecule has 0 spiro atoms. The van der Waals surface area contributed by atoms with Gasteiger partial charge in [0.05, 0.1) is 5.69 Å². The summed E-state index contributed by atoms with van der Waals surface area (Å²) in [6.07, 6.45) is 1.36. The van der Waals surface area contributed by atoms with E-state index in [-0.39, 0.29) is 30.8 Å². The molecule has 4 N–H and O–H groups in total. The molecule has 0 saturated carbocycles. The van der Waals surface area contributed by atoms with Gasteiger partial charge in [0.1, 0.15) is 5.82 Å². The summed E-state index contributed by atoms with van der Waals surface area (Å²) in [6, 6.07) is 10.8. The quantitative estimate of drug-likeness (QED) is 0.306. The summed E-state index contributed by atoms with van der Waals surface area (Å²) in [5.41, 5.74) is 7.78. The van der Waals surface area contributed by atoms with Gasteiger partial charge in [-0.2, -0.15) is 0 Å². The van der Waals surface area contributed by atoms with Crippen molar-refractivity contribution >= 4 is 17.6 Å². The highest BCUT2D eigenvalue weighted by molar-refractivity contribution is 5.98. The lowest BCUT2D eigenvalue weighted by Gasteiger charge is -2.37. The Morgan fingerprint density at radius 1 is 1.21 bits per heavy atom. The Morgan fingerprint density at radius 3 is 2.72 bits per heavy atom. The number of hydrogen-bond donors (Lipinski definition) is 4. The molecule has 1 fully saturated rings. The zero-order valence-electron chi connectivity index (χ0n) is 24.0. The monoisotopic (exact) mass is 536 g/mol. The molecule has 4 rings (SSSR count). The van der Waals surface area contributed by atoms with Crippen LogP contribution in [0.1, 0.15) is 48.2 Å². The van der Waals surface area contributed by atoms with Crippen LogP contribution in [-0.4, -0.2) is 92.5 Å². The molecule has 0 radical (unpaired) electrons. The van der Waals surface area contributed by atoms with Gasteiger partial charge in [0.15, 0.2) is 0 Å². The normalized spacial score (nSPS) is 16.9. The van der Waals surface area contributed by atoms with E-state index in [0.29, 0.717) is 24.7 Å². The van der Waals surface area contributed by atoms with Crippen LogP contribution < -0.4 is 26.4 Å². The minimum atomic E-state index is -0.184. The number of carbonyl (C=O) groups excluding carboxylic acids is 2. The summed E-state index contributed by atoms with van der Waals surface area (Å²) in [5.74, 6) is 0.559. The van der Waals surface area contributed by atoms with Crippen LogP contribution in [0.25, 0.3) is 11.3 Å². The number of aromatic nitrogens is 1. The van der Waals surface area contributed by atoms with Crippen LogP contribution in [0, 0.1) is 0 Å². The minimum Gasteiger partial charge on any atom is -0.354 e. The van der Waals surface area contributed by atoms with Crippen molar-refractivity contribution < 1.29 is 9.59 Å². The highest BCUT2D eigenvalue weighted by Gasteiger charge is 2.29. The highest BCUT2D eigenvalue weighted by Crippen LogP contribution is 2.32. The summed E-state index contributed by atoms with van der Waals surface area (Å²) in [6.45, 7) is 9.46. The highest BCUT2D eigenvalue weighted by atomic mass is 16.2. The number of anilines is 1. The molecule has 10 heteroatoms. The zero-order valence-corrected chi connectivity index (χ0v) is 24.0. The van der Waals surface area contributed by atoms with Gasteiger partial charge in [0.2, 0.25) is 5.91 Å². The number of hydrazine groups is 1. The van der Waals surface area contributed by atoms with Gasteiger partial charge in [-0.05, 0) is 65.7 Å². The number of nitrogens with zero attached hydrogens (tertiary/aromatic N) is 4. The van der Waals surface area contributed by atoms with Crippen molar-refractivity contribution in [3.63, 3.8) is 0 Å². The number of rotatable bonds is 13. The molecule has 10 nitrogen and oxygen atoms in total. The first-order valence-electron chi connectivity index (χ1n) is 14.0. The number of pyridine rings is 1. The topological polar surface area (TPSA) is 105 Å². The largest absolute Gasteiger partial charge is 0.354 e. The second kappa shape index (κ2) is 13.3. The molecule has 1 unspecified atom stereocenters. The molecule has 1 atom stereocenters.